The number of hydrogen-bond donors (Lipinski definition) is 2. The molecule has 0 amide bonds. The number of rotatable bonds is 18. The third-order valence-electron chi connectivity index (χ3n) is 10.7. The second-order valence-corrected chi connectivity index (χ2v) is 14.6. The standard InChI is InChI=1S/C31H42N18O15/c1-9-10(2)18(42-48-36)29(59-16(9)7-38-44-32)61-21-15(41-47-35)6-14(40-46-34)20(53)24(21)62-31-27(58-13(5)52)25(26(64-31)28(54)55)63-30-19(43-49-37)23(57-12(4)51)22(56-11(3)50)17(60-30)8-39-45-33/h9-10,14-27,29-31,53H,6-8H2,1-5H3,(H,54,55)/t9-,10-,14+,15?,16?,17-,18?,19?,20?,21+,22+,23?,24+,25-,26-,27?,29+,30+,31+/m0/s1. The highest BCUT2D eigenvalue weighted by atomic mass is 16.8. The molecule has 0 radical (unpaired) electrons. The molecule has 7 unspecified atom stereocenters. The van der Waals surface area contributed by atoms with Crippen molar-refractivity contribution in [1.82, 2.24) is 0 Å². The van der Waals surface area contributed by atoms with Crippen LogP contribution in [-0.2, 0) is 61.8 Å². The lowest BCUT2D eigenvalue weighted by Crippen LogP contribution is -2.62. The van der Waals surface area contributed by atoms with E-state index in [1.54, 1.807) is 13.8 Å². The number of azide groups is 6. The van der Waals surface area contributed by atoms with Gasteiger partial charge in [0, 0.05) is 50.2 Å². The van der Waals surface area contributed by atoms with E-state index in [1.807, 2.05) is 0 Å². The van der Waals surface area contributed by atoms with Crippen LogP contribution < -0.4 is 0 Å². The van der Waals surface area contributed by atoms with Gasteiger partial charge in [0.1, 0.15) is 24.4 Å². The molecule has 4 rings (SSSR count). The molecule has 33 heteroatoms. The van der Waals surface area contributed by atoms with Crippen molar-refractivity contribution in [2.75, 3.05) is 13.1 Å². The Labute approximate surface area is 359 Å². The molecular formula is C31H42N18O15. The van der Waals surface area contributed by atoms with Crippen LogP contribution >= 0.6 is 0 Å². The van der Waals surface area contributed by atoms with Crippen molar-refractivity contribution in [1.29, 1.82) is 0 Å². The Kier molecular flexibility index (Phi) is 18.2. The third-order valence-corrected chi connectivity index (χ3v) is 10.7. The van der Waals surface area contributed by atoms with Crippen molar-refractivity contribution in [3.63, 3.8) is 0 Å². The summed E-state index contributed by atoms with van der Waals surface area (Å²) in [7, 11) is 0. The van der Waals surface area contributed by atoms with Crippen LogP contribution in [0.15, 0.2) is 30.7 Å². The van der Waals surface area contributed by atoms with Crippen molar-refractivity contribution in [3.8, 4) is 0 Å². The summed E-state index contributed by atoms with van der Waals surface area (Å²) in [6.07, 6.45) is -23.2. The predicted molar refractivity (Wildman–Crippen MR) is 204 cm³/mol. The Morgan fingerprint density at radius 2 is 1.05 bits per heavy atom. The monoisotopic (exact) mass is 906 g/mol. The fourth-order valence-electron chi connectivity index (χ4n) is 7.75. The zero-order valence-corrected chi connectivity index (χ0v) is 34.3. The first-order chi connectivity index (χ1) is 30.5. The van der Waals surface area contributed by atoms with E-state index in [1.165, 1.54) is 0 Å². The molecule has 3 aliphatic heterocycles. The van der Waals surface area contributed by atoms with Crippen molar-refractivity contribution < 1.29 is 72.0 Å². The van der Waals surface area contributed by atoms with E-state index in [-0.39, 0.29) is 18.9 Å². The number of hydrogen-bond acceptors (Lipinski definition) is 20. The van der Waals surface area contributed by atoms with E-state index in [0.717, 1.165) is 20.8 Å². The second-order valence-electron chi connectivity index (χ2n) is 14.6. The second kappa shape index (κ2) is 23.2. The number of ether oxygens (including phenoxy) is 9. The molecule has 4 aliphatic rings. The van der Waals surface area contributed by atoms with Gasteiger partial charge >= 0.3 is 23.9 Å². The number of carboxylic acids is 1. The molecule has 0 bridgehead atoms. The van der Waals surface area contributed by atoms with E-state index >= 15 is 0 Å². The molecular weight excluding hydrogens is 864 g/mol. The van der Waals surface area contributed by atoms with Gasteiger partial charge in [0.25, 0.3) is 0 Å². The summed E-state index contributed by atoms with van der Waals surface area (Å²) < 4.78 is 52.5. The maximum absolute atomic E-state index is 12.9. The van der Waals surface area contributed by atoms with Gasteiger partial charge in [-0.3, -0.25) is 14.4 Å². The number of aliphatic carboxylic acids is 1. The van der Waals surface area contributed by atoms with E-state index in [2.05, 4.69) is 60.2 Å². The number of nitrogens with zero attached hydrogens (tertiary/aromatic N) is 18. The first kappa shape index (κ1) is 50.1. The fraction of sp³-hybridized carbons (Fsp3) is 0.871. The number of carboxylic acid groups (broad SMARTS) is 1. The molecule has 0 spiro atoms. The minimum absolute atomic E-state index is 0.196. The van der Waals surface area contributed by atoms with Gasteiger partial charge in [-0.15, -0.1) is 0 Å². The Bertz CT molecular complexity index is 2030. The average molecular weight is 907 g/mol. The lowest BCUT2D eigenvalue weighted by atomic mass is 9.81. The van der Waals surface area contributed by atoms with Crippen molar-refractivity contribution >= 4 is 23.9 Å². The average Bonchev–Trinajstić information content (AvgIpc) is 3.56. The molecule has 64 heavy (non-hydrogen) atoms. The molecule has 2 N–H and O–H groups in total. The number of carbonyl (C=O) groups is 4. The molecule has 19 atom stereocenters. The van der Waals surface area contributed by atoms with Crippen LogP contribution in [-0.4, -0.2) is 151 Å². The Morgan fingerprint density at radius 3 is 1.61 bits per heavy atom. The first-order valence-corrected chi connectivity index (χ1v) is 19.1. The number of esters is 3. The number of aliphatic hydroxyl groups is 1. The van der Waals surface area contributed by atoms with Crippen LogP contribution in [0.3, 0.4) is 0 Å². The van der Waals surface area contributed by atoms with Crippen LogP contribution in [0.2, 0.25) is 0 Å². The Morgan fingerprint density at radius 1 is 0.562 bits per heavy atom. The third kappa shape index (κ3) is 11.9. The van der Waals surface area contributed by atoms with Gasteiger partial charge in [-0.25, -0.2) is 4.79 Å². The highest BCUT2D eigenvalue weighted by molar-refractivity contribution is 5.74. The van der Waals surface area contributed by atoms with Crippen LogP contribution in [0.1, 0.15) is 41.0 Å². The van der Waals surface area contributed by atoms with E-state index in [9.17, 15) is 51.5 Å². The maximum atomic E-state index is 12.9. The summed E-state index contributed by atoms with van der Waals surface area (Å²) in [5, 5.41) is 43.9. The normalized spacial score (nSPS) is 37.8. The van der Waals surface area contributed by atoms with Crippen LogP contribution in [0.5, 0.6) is 0 Å². The minimum atomic E-state index is -2.18. The van der Waals surface area contributed by atoms with Gasteiger partial charge in [0.15, 0.2) is 43.3 Å². The van der Waals surface area contributed by atoms with Crippen molar-refractivity contribution in [3.05, 3.63) is 62.7 Å². The Balaban J connectivity index is 1.82. The molecule has 0 aromatic rings. The van der Waals surface area contributed by atoms with Gasteiger partial charge in [-0.2, -0.15) is 0 Å². The fourth-order valence-corrected chi connectivity index (χ4v) is 7.75. The summed E-state index contributed by atoms with van der Waals surface area (Å²) in [6, 6.07) is -5.71. The van der Waals surface area contributed by atoms with E-state index < -0.39 is 140 Å². The van der Waals surface area contributed by atoms with Crippen LogP contribution in [0.4, 0.5) is 0 Å². The predicted octanol–water partition coefficient (Wildman–Crippen LogP) is 3.57. The lowest BCUT2D eigenvalue weighted by molar-refractivity contribution is -0.297. The van der Waals surface area contributed by atoms with Gasteiger partial charge in [0.2, 0.25) is 0 Å². The number of carbonyl (C=O) groups excluding carboxylic acids is 3. The number of aliphatic hydroxyl groups excluding tert-OH is 1. The molecule has 1 saturated carbocycles. The maximum Gasteiger partial charge on any atom is 0.335 e. The zero-order valence-electron chi connectivity index (χ0n) is 34.3. The molecule has 33 nitrogen and oxygen atoms in total. The summed E-state index contributed by atoms with van der Waals surface area (Å²) in [5.41, 5.74) is 56.0. The largest absolute Gasteiger partial charge is 0.479 e. The molecule has 0 aromatic heterocycles. The summed E-state index contributed by atoms with van der Waals surface area (Å²) in [6.45, 7) is 5.50. The van der Waals surface area contributed by atoms with Crippen molar-refractivity contribution in [2.45, 2.75) is 145 Å². The lowest BCUT2D eigenvalue weighted by Gasteiger charge is -2.48. The molecule has 4 fully saturated rings. The van der Waals surface area contributed by atoms with Gasteiger partial charge in [-0.05, 0) is 51.4 Å². The van der Waals surface area contributed by atoms with Gasteiger partial charge in [-0.1, -0.05) is 44.5 Å². The summed E-state index contributed by atoms with van der Waals surface area (Å²) >= 11 is 0. The van der Waals surface area contributed by atoms with Crippen LogP contribution in [0, 0.1) is 11.8 Å². The Hall–Kier alpha value is -6.54. The van der Waals surface area contributed by atoms with Gasteiger partial charge < -0.3 is 52.8 Å². The zero-order chi connectivity index (χ0) is 47.2. The first-order valence-electron chi connectivity index (χ1n) is 19.1. The van der Waals surface area contributed by atoms with Crippen LogP contribution in [0.25, 0.3) is 62.7 Å². The summed E-state index contributed by atoms with van der Waals surface area (Å²) in [5.74, 6) is -5.66. The minimum Gasteiger partial charge on any atom is -0.479 e. The molecule has 1 aliphatic carbocycles. The summed E-state index contributed by atoms with van der Waals surface area (Å²) in [4.78, 5) is 66.6. The topological polar surface area (TPSA) is 484 Å². The molecule has 0 aromatic carbocycles. The van der Waals surface area contributed by atoms with E-state index in [4.69, 9.17) is 53.7 Å². The highest BCUT2D eigenvalue weighted by Crippen LogP contribution is 2.40. The van der Waals surface area contributed by atoms with Gasteiger partial charge in [0.05, 0.1) is 49.5 Å². The van der Waals surface area contributed by atoms with Crippen molar-refractivity contribution in [2.24, 2.45) is 42.5 Å². The SMILES string of the molecule is CC(=O)OC1[C@H](O[C@@H]2C(O)[C@H](N=[N+]=[N-])CC(N=[N+]=[N-])[C@H]2O[C@H]2OC(CN=[N+]=[N-])[C@@H](C)[C@H](C)C2N=[N+]=[N-])O[C@H](C(=O)O)[C@@H]1O[C@H]1O[C@@H](CN=[N+]=[N-])[C@@H](OC(C)=O)C(OC(C)=O)C1N=[N+]=[N-]. The van der Waals surface area contributed by atoms with E-state index in [0.29, 0.717) is 0 Å². The smallest absolute Gasteiger partial charge is 0.335 e. The highest BCUT2D eigenvalue weighted by Gasteiger charge is 2.59. The quantitative estimate of drug-likeness (QED) is 0.0652. The molecule has 3 saturated heterocycles. The molecule has 3 heterocycles. The molecule has 346 valence electrons.